The number of carboxylic acids is 1. The maximum Gasteiger partial charge on any atom is 0.328 e. The maximum absolute atomic E-state index is 13.0. The highest BCUT2D eigenvalue weighted by Crippen LogP contribution is 2.31. The normalized spacial score (nSPS) is 14.1. The molecule has 24 heavy (non-hydrogen) atoms. The number of rotatable bonds is 4. The van der Waals surface area contributed by atoms with Crippen molar-refractivity contribution in [2.24, 2.45) is 0 Å². The van der Waals surface area contributed by atoms with Crippen LogP contribution in [-0.4, -0.2) is 31.0 Å². The van der Waals surface area contributed by atoms with Gasteiger partial charge in [0.25, 0.3) is 10.0 Å². The number of fused-ring (bicyclic) bond motifs is 1. The lowest BCUT2D eigenvalue weighted by Gasteiger charge is -2.18. The lowest BCUT2D eigenvalue weighted by atomic mass is 10.1. The number of halogens is 1. The average Bonchev–Trinajstić information content (AvgIpc) is 2.97. The second-order valence-electron chi connectivity index (χ2n) is 5.20. The number of benzene rings is 1. The standard InChI is InChI=1S/C16H13FN2O4S/c17-13-2-4-14(5-3-13)24(22,23)19-8-7-12-9-11(1-6-15(20)21)10-18-16(12)19/h1-6,9-10H,7-8H2,(H,20,21). The van der Waals surface area contributed by atoms with E-state index in [9.17, 15) is 17.6 Å². The second-order valence-corrected chi connectivity index (χ2v) is 7.07. The summed E-state index contributed by atoms with van der Waals surface area (Å²) in [5.74, 6) is -1.27. The largest absolute Gasteiger partial charge is 0.478 e. The minimum absolute atomic E-state index is 0.00611. The fourth-order valence-electron chi connectivity index (χ4n) is 2.48. The van der Waals surface area contributed by atoms with Gasteiger partial charge in [0.2, 0.25) is 0 Å². The van der Waals surface area contributed by atoms with Crippen molar-refractivity contribution < 1.29 is 22.7 Å². The zero-order valence-electron chi connectivity index (χ0n) is 12.4. The van der Waals surface area contributed by atoms with Crippen LogP contribution in [0.5, 0.6) is 0 Å². The van der Waals surface area contributed by atoms with Crippen LogP contribution in [0.15, 0.2) is 47.5 Å². The van der Waals surface area contributed by atoms with Crippen molar-refractivity contribution in [2.75, 3.05) is 10.8 Å². The molecule has 124 valence electrons. The number of carboxylic acid groups (broad SMARTS) is 1. The molecule has 2 heterocycles. The van der Waals surface area contributed by atoms with Gasteiger partial charge in [-0.05, 0) is 54.0 Å². The molecule has 0 saturated heterocycles. The molecule has 6 nitrogen and oxygen atoms in total. The Bertz CT molecular complexity index is 924. The Morgan fingerprint density at radius 3 is 2.67 bits per heavy atom. The highest BCUT2D eigenvalue weighted by Gasteiger charge is 2.32. The molecule has 0 unspecified atom stereocenters. The van der Waals surface area contributed by atoms with E-state index < -0.39 is 21.8 Å². The first-order valence-electron chi connectivity index (χ1n) is 7.06. The molecule has 0 saturated carbocycles. The van der Waals surface area contributed by atoms with E-state index in [-0.39, 0.29) is 11.4 Å². The van der Waals surface area contributed by atoms with Crippen molar-refractivity contribution in [1.82, 2.24) is 4.98 Å². The molecule has 0 aliphatic carbocycles. The van der Waals surface area contributed by atoms with Crippen molar-refractivity contribution in [3.8, 4) is 0 Å². The van der Waals surface area contributed by atoms with Crippen LogP contribution in [0.3, 0.4) is 0 Å². The third-order valence-electron chi connectivity index (χ3n) is 3.60. The summed E-state index contributed by atoms with van der Waals surface area (Å²) in [6.07, 6.45) is 4.27. The van der Waals surface area contributed by atoms with Gasteiger partial charge in [0.15, 0.2) is 0 Å². The summed E-state index contributed by atoms with van der Waals surface area (Å²) >= 11 is 0. The fourth-order valence-corrected chi connectivity index (χ4v) is 3.94. The van der Waals surface area contributed by atoms with Crippen LogP contribution in [0.2, 0.25) is 0 Å². The Kier molecular flexibility index (Phi) is 4.06. The predicted octanol–water partition coefficient (Wildman–Crippen LogP) is 2.07. The number of pyridine rings is 1. The number of carbonyl (C=O) groups is 1. The third kappa shape index (κ3) is 3.00. The minimum Gasteiger partial charge on any atom is -0.478 e. The first kappa shape index (κ1) is 16.1. The molecule has 0 spiro atoms. The van der Waals surface area contributed by atoms with Crippen molar-refractivity contribution in [1.29, 1.82) is 0 Å². The molecule has 2 aromatic rings. The highest BCUT2D eigenvalue weighted by atomic mass is 32.2. The van der Waals surface area contributed by atoms with Crippen LogP contribution in [-0.2, 0) is 21.2 Å². The van der Waals surface area contributed by atoms with E-state index in [0.29, 0.717) is 23.4 Å². The molecule has 1 aliphatic heterocycles. The Labute approximate surface area is 137 Å². The molecule has 8 heteroatoms. The molecule has 0 radical (unpaired) electrons. The number of sulfonamides is 1. The van der Waals surface area contributed by atoms with Gasteiger partial charge in [-0.2, -0.15) is 0 Å². The Balaban J connectivity index is 1.94. The smallest absolute Gasteiger partial charge is 0.328 e. The quantitative estimate of drug-likeness (QED) is 0.855. The van der Waals surface area contributed by atoms with Gasteiger partial charge in [0, 0.05) is 18.8 Å². The van der Waals surface area contributed by atoms with Crippen molar-refractivity contribution in [2.45, 2.75) is 11.3 Å². The van der Waals surface area contributed by atoms with Crippen LogP contribution >= 0.6 is 0 Å². The van der Waals surface area contributed by atoms with E-state index in [0.717, 1.165) is 18.2 Å². The summed E-state index contributed by atoms with van der Waals surface area (Å²) in [6, 6.07) is 6.33. The van der Waals surface area contributed by atoms with E-state index in [2.05, 4.69) is 4.98 Å². The lowest BCUT2D eigenvalue weighted by molar-refractivity contribution is -0.131. The molecule has 0 amide bonds. The zero-order valence-corrected chi connectivity index (χ0v) is 13.2. The van der Waals surface area contributed by atoms with E-state index in [1.54, 1.807) is 6.07 Å². The minimum atomic E-state index is -3.82. The summed E-state index contributed by atoms with van der Waals surface area (Å²) in [4.78, 5) is 14.7. The highest BCUT2D eigenvalue weighted by molar-refractivity contribution is 7.92. The van der Waals surface area contributed by atoms with Crippen LogP contribution < -0.4 is 4.31 Å². The predicted molar refractivity (Wildman–Crippen MR) is 85.5 cm³/mol. The topological polar surface area (TPSA) is 87.6 Å². The maximum atomic E-state index is 13.0. The molecule has 0 bridgehead atoms. The number of anilines is 1. The van der Waals surface area contributed by atoms with Gasteiger partial charge >= 0.3 is 5.97 Å². The van der Waals surface area contributed by atoms with Crippen LogP contribution in [0, 0.1) is 5.82 Å². The van der Waals surface area contributed by atoms with Crippen molar-refractivity contribution in [3.05, 3.63) is 59.5 Å². The van der Waals surface area contributed by atoms with Gasteiger partial charge in [-0.1, -0.05) is 0 Å². The van der Waals surface area contributed by atoms with Gasteiger partial charge < -0.3 is 5.11 Å². The number of aliphatic carboxylic acids is 1. The van der Waals surface area contributed by atoms with E-state index >= 15 is 0 Å². The number of hydrogen-bond donors (Lipinski definition) is 1. The SMILES string of the molecule is O=C(O)C=Cc1cnc2c(c1)CCN2S(=O)(=O)c1ccc(F)cc1. The molecule has 1 aliphatic rings. The average molecular weight is 348 g/mol. The van der Waals surface area contributed by atoms with Crippen LogP contribution in [0.25, 0.3) is 6.08 Å². The molecule has 1 N–H and O–H groups in total. The second kappa shape index (κ2) is 6.04. The van der Waals surface area contributed by atoms with Gasteiger partial charge in [-0.25, -0.2) is 26.9 Å². The molecular weight excluding hydrogens is 335 g/mol. The number of nitrogens with zero attached hydrogens (tertiary/aromatic N) is 2. The van der Waals surface area contributed by atoms with Gasteiger partial charge in [-0.15, -0.1) is 0 Å². The molecule has 0 atom stereocenters. The summed E-state index contributed by atoms with van der Waals surface area (Å²) in [5, 5.41) is 8.64. The summed E-state index contributed by atoms with van der Waals surface area (Å²) in [5.41, 5.74) is 1.30. The molecule has 3 rings (SSSR count). The molecule has 1 aromatic carbocycles. The first-order chi connectivity index (χ1) is 11.4. The lowest BCUT2D eigenvalue weighted by Crippen LogP contribution is -2.29. The number of hydrogen-bond acceptors (Lipinski definition) is 4. The first-order valence-corrected chi connectivity index (χ1v) is 8.50. The van der Waals surface area contributed by atoms with Crippen molar-refractivity contribution >= 4 is 27.9 Å². The van der Waals surface area contributed by atoms with Crippen LogP contribution in [0.4, 0.5) is 10.2 Å². The molecule has 1 aromatic heterocycles. The molecular formula is C16H13FN2O4S. The third-order valence-corrected chi connectivity index (χ3v) is 5.41. The zero-order chi connectivity index (χ0) is 17.3. The van der Waals surface area contributed by atoms with Gasteiger partial charge in [0.1, 0.15) is 11.6 Å². The Morgan fingerprint density at radius 1 is 1.29 bits per heavy atom. The molecule has 0 fully saturated rings. The van der Waals surface area contributed by atoms with Gasteiger partial charge in [-0.3, -0.25) is 0 Å². The monoisotopic (exact) mass is 348 g/mol. The van der Waals surface area contributed by atoms with E-state index in [4.69, 9.17) is 5.11 Å². The Hall–Kier alpha value is -2.74. The number of aromatic nitrogens is 1. The summed E-state index contributed by atoms with van der Waals surface area (Å²) < 4.78 is 39.5. The fraction of sp³-hybridized carbons (Fsp3) is 0.125. The van der Waals surface area contributed by atoms with Crippen molar-refractivity contribution in [3.63, 3.8) is 0 Å². The summed E-state index contributed by atoms with van der Waals surface area (Å²) in [7, 11) is -3.82. The van der Waals surface area contributed by atoms with Gasteiger partial charge in [0.05, 0.1) is 4.90 Å². The van der Waals surface area contributed by atoms with E-state index in [1.807, 2.05) is 0 Å². The Morgan fingerprint density at radius 2 is 2.00 bits per heavy atom. The van der Waals surface area contributed by atoms with Crippen LogP contribution in [0.1, 0.15) is 11.1 Å². The van der Waals surface area contributed by atoms with E-state index in [1.165, 1.54) is 28.7 Å². The summed E-state index contributed by atoms with van der Waals surface area (Å²) in [6.45, 7) is 0.230.